The van der Waals surface area contributed by atoms with E-state index in [0.29, 0.717) is 9.21 Å². The third kappa shape index (κ3) is 3.82. The van der Waals surface area contributed by atoms with Crippen LogP contribution in [-0.2, 0) is 11.2 Å². The normalized spacial score (nSPS) is 11.8. The first-order valence-electron chi connectivity index (χ1n) is 5.89. The Morgan fingerprint density at radius 2 is 1.90 bits per heavy atom. The van der Waals surface area contributed by atoms with E-state index >= 15 is 0 Å². The Morgan fingerprint density at radius 3 is 2.45 bits per heavy atom. The van der Waals surface area contributed by atoms with Gasteiger partial charge in [0.2, 0.25) is 0 Å². The van der Waals surface area contributed by atoms with E-state index in [0.717, 1.165) is 16.9 Å². The summed E-state index contributed by atoms with van der Waals surface area (Å²) in [6.45, 7) is 0. The molecule has 104 valence electrons. The molecule has 2 N–H and O–H groups in total. The standard InChI is InChI=1S/C14H12ClNO3S/c15-12-7-6-11(20-12)13(17)16-10(14(18)19)8-9-4-2-1-3-5-9/h1-7,10H,8H2,(H,16,17)(H,18,19). The van der Waals surface area contributed by atoms with Gasteiger partial charge in [-0.3, -0.25) is 4.79 Å². The summed E-state index contributed by atoms with van der Waals surface area (Å²) in [7, 11) is 0. The van der Waals surface area contributed by atoms with Gasteiger partial charge in [0.05, 0.1) is 9.21 Å². The van der Waals surface area contributed by atoms with Gasteiger partial charge in [-0.25, -0.2) is 4.79 Å². The van der Waals surface area contributed by atoms with Crippen LogP contribution in [0, 0.1) is 0 Å². The minimum absolute atomic E-state index is 0.237. The highest BCUT2D eigenvalue weighted by Crippen LogP contribution is 2.21. The van der Waals surface area contributed by atoms with Crippen molar-refractivity contribution in [2.75, 3.05) is 0 Å². The van der Waals surface area contributed by atoms with E-state index in [4.69, 9.17) is 11.6 Å². The fourth-order valence-electron chi connectivity index (χ4n) is 1.72. The van der Waals surface area contributed by atoms with Gasteiger partial charge in [-0.15, -0.1) is 11.3 Å². The Morgan fingerprint density at radius 1 is 1.20 bits per heavy atom. The highest BCUT2D eigenvalue weighted by atomic mass is 35.5. The van der Waals surface area contributed by atoms with Crippen LogP contribution in [0.15, 0.2) is 42.5 Å². The third-order valence-corrected chi connectivity index (χ3v) is 3.91. The second kappa shape index (κ2) is 6.54. The molecule has 20 heavy (non-hydrogen) atoms. The maximum Gasteiger partial charge on any atom is 0.326 e. The van der Waals surface area contributed by atoms with Crippen LogP contribution in [0.3, 0.4) is 0 Å². The number of benzene rings is 1. The second-order valence-electron chi connectivity index (χ2n) is 4.16. The van der Waals surface area contributed by atoms with Crippen molar-refractivity contribution < 1.29 is 14.7 Å². The van der Waals surface area contributed by atoms with Crippen LogP contribution in [0.25, 0.3) is 0 Å². The van der Waals surface area contributed by atoms with Crippen molar-refractivity contribution in [2.45, 2.75) is 12.5 Å². The Bertz CT molecular complexity index is 612. The number of amides is 1. The van der Waals surface area contributed by atoms with Crippen LogP contribution in [-0.4, -0.2) is 23.0 Å². The number of nitrogens with one attached hydrogen (secondary N) is 1. The summed E-state index contributed by atoms with van der Waals surface area (Å²) in [5.41, 5.74) is 0.851. The zero-order chi connectivity index (χ0) is 14.5. The lowest BCUT2D eigenvalue weighted by molar-refractivity contribution is -0.139. The second-order valence-corrected chi connectivity index (χ2v) is 5.87. The monoisotopic (exact) mass is 309 g/mol. The van der Waals surface area contributed by atoms with Gasteiger partial charge in [-0.05, 0) is 17.7 Å². The summed E-state index contributed by atoms with van der Waals surface area (Å²) in [5.74, 6) is -1.49. The molecular formula is C14H12ClNO3S. The fourth-order valence-corrected chi connectivity index (χ4v) is 2.66. The molecule has 1 aromatic carbocycles. The van der Waals surface area contributed by atoms with Crippen molar-refractivity contribution >= 4 is 34.8 Å². The number of carbonyl (C=O) groups excluding carboxylic acids is 1. The first-order valence-corrected chi connectivity index (χ1v) is 7.08. The van der Waals surface area contributed by atoms with Crippen molar-refractivity contribution in [3.05, 3.63) is 57.2 Å². The van der Waals surface area contributed by atoms with Gasteiger partial charge in [0.15, 0.2) is 0 Å². The molecule has 0 bridgehead atoms. The molecule has 1 atom stereocenters. The van der Waals surface area contributed by atoms with E-state index in [-0.39, 0.29) is 6.42 Å². The Kier molecular flexibility index (Phi) is 4.76. The summed E-state index contributed by atoms with van der Waals surface area (Å²) in [6.07, 6.45) is 0.237. The lowest BCUT2D eigenvalue weighted by Crippen LogP contribution is -2.42. The van der Waals surface area contributed by atoms with Gasteiger partial charge >= 0.3 is 5.97 Å². The van der Waals surface area contributed by atoms with Crippen LogP contribution in [0.5, 0.6) is 0 Å². The molecule has 0 aliphatic carbocycles. The smallest absolute Gasteiger partial charge is 0.326 e. The number of halogens is 1. The number of hydrogen-bond acceptors (Lipinski definition) is 3. The molecule has 1 heterocycles. The summed E-state index contributed by atoms with van der Waals surface area (Å²) in [6, 6.07) is 11.4. The summed E-state index contributed by atoms with van der Waals surface area (Å²) in [4.78, 5) is 23.6. The molecule has 1 amide bonds. The summed E-state index contributed by atoms with van der Waals surface area (Å²) >= 11 is 6.87. The third-order valence-electron chi connectivity index (χ3n) is 2.68. The zero-order valence-electron chi connectivity index (χ0n) is 10.4. The van der Waals surface area contributed by atoms with Gasteiger partial charge in [0, 0.05) is 6.42 Å². The topological polar surface area (TPSA) is 66.4 Å². The predicted octanol–water partition coefficient (Wildman–Crippen LogP) is 2.83. The minimum Gasteiger partial charge on any atom is -0.480 e. The zero-order valence-corrected chi connectivity index (χ0v) is 11.9. The molecule has 2 aromatic rings. The van der Waals surface area contributed by atoms with E-state index in [9.17, 15) is 14.7 Å². The Labute approximate surface area is 125 Å². The number of carbonyl (C=O) groups is 2. The molecule has 4 nitrogen and oxygen atoms in total. The summed E-state index contributed by atoms with van der Waals surface area (Å²) in [5, 5.41) is 11.7. The van der Waals surface area contributed by atoms with E-state index in [1.165, 1.54) is 0 Å². The van der Waals surface area contributed by atoms with Crippen molar-refractivity contribution in [1.82, 2.24) is 5.32 Å². The Balaban J connectivity index is 2.06. The Hall–Kier alpha value is -1.85. The van der Waals surface area contributed by atoms with Gasteiger partial charge in [0.1, 0.15) is 6.04 Å². The van der Waals surface area contributed by atoms with Crippen molar-refractivity contribution in [2.24, 2.45) is 0 Å². The molecule has 0 spiro atoms. The minimum atomic E-state index is -1.06. The lowest BCUT2D eigenvalue weighted by atomic mass is 10.1. The van der Waals surface area contributed by atoms with Gasteiger partial charge < -0.3 is 10.4 Å². The van der Waals surface area contributed by atoms with Crippen molar-refractivity contribution in [3.8, 4) is 0 Å². The van der Waals surface area contributed by atoms with Crippen LogP contribution in [0.4, 0.5) is 0 Å². The molecule has 0 aliphatic rings. The predicted molar refractivity (Wildman–Crippen MR) is 78.4 cm³/mol. The molecule has 6 heteroatoms. The number of thiophene rings is 1. The van der Waals surface area contributed by atoms with E-state index in [2.05, 4.69) is 5.32 Å². The van der Waals surface area contributed by atoms with E-state index in [1.807, 2.05) is 30.3 Å². The van der Waals surface area contributed by atoms with Crippen LogP contribution >= 0.6 is 22.9 Å². The maximum absolute atomic E-state index is 11.9. The van der Waals surface area contributed by atoms with Gasteiger partial charge in [-0.1, -0.05) is 41.9 Å². The van der Waals surface area contributed by atoms with Crippen molar-refractivity contribution in [1.29, 1.82) is 0 Å². The molecule has 1 aromatic heterocycles. The quantitative estimate of drug-likeness (QED) is 0.892. The summed E-state index contributed by atoms with van der Waals surface area (Å²) < 4.78 is 0.491. The van der Waals surface area contributed by atoms with E-state index < -0.39 is 17.9 Å². The lowest BCUT2D eigenvalue weighted by Gasteiger charge is -2.14. The van der Waals surface area contributed by atoms with Crippen LogP contribution < -0.4 is 5.32 Å². The number of hydrogen-bond donors (Lipinski definition) is 2. The first-order chi connectivity index (χ1) is 9.56. The molecule has 0 saturated heterocycles. The number of aliphatic carboxylic acids is 1. The largest absolute Gasteiger partial charge is 0.480 e. The molecule has 0 radical (unpaired) electrons. The molecular weight excluding hydrogens is 298 g/mol. The fraction of sp³-hybridized carbons (Fsp3) is 0.143. The maximum atomic E-state index is 11.9. The molecule has 2 rings (SSSR count). The average Bonchev–Trinajstić information content (AvgIpc) is 2.86. The SMILES string of the molecule is O=C(NC(Cc1ccccc1)C(=O)O)c1ccc(Cl)s1. The van der Waals surface area contributed by atoms with Gasteiger partial charge in [0.25, 0.3) is 5.91 Å². The van der Waals surface area contributed by atoms with Crippen LogP contribution in [0.2, 0.25) is 4.34 Å². The van der Waals surface area contributed by atoms with Crippen molar-refractivity contribution in [3.63, 3.8) is 0 Å². The first kappa shape index (κ1) is 14.6. The van der Waals surface area contributed by atoms with Gasteiger partial charge in [-0.2, -0.15) is 0 Å². The molecule has 0 saturated carbocycles. The number of rotatable bonds is 5. The number of carboxylic acid groups (broad SMARTS) is 1. The average molecular weight is 310 g/mol. The van der Waals surface area contributed by atoms with Crippen LogP contribution in [0.1, 0.15) is 15.2 Å². The molecule has 0 fully saturated rings. The van der Waals surface area contributed by atoms with E-state index in [1.54, 1.807) is 12.1 Å². The molecule has 0 aliphatic heterocycles. The highest BCUT2D eigenvalue weighted by molar-refractivity contribution is 7.18. The molecule has 1 unspecified atom stereocenters. The number of carboxylic acids is 1. The highest BCUT2D eigenvalue weighted by Gasteiger charge is 2.21.